The summed E-state index contributed by atoms with van der Waals surface area (Å²) in [5.74, 6) is 1.39. The third-order valence-electron chi connectivity index (χ3n) is 2.49. The van der Waals surface area contributed by atoms with Crippen molar-refractivity contribution in [2.24, 2.45) is 5.73 Å². The van der Waals surface area contributed by atoms with Crippen molar-refractivity contribution in [1.29, 1.82) is 0 Å². The van der Waals surface area contributed by atoms with Gasteiger partial charge in [-0.1, -0.05) is 23.4 Å². The first kappa shape index (κ1) is 10.0. The Kier molecular flexibility index (Phi) is 2.19. The lowest BCUT2D eigenvalue weighted by Gasteiger charge is -1.92. The molecule has 0 aliphatic carbocycles. The highest BCUT2D eigenvalue weighted by atomic mass is 16.5. The highest BCUT2D eigenvalue weighted by Gasteiger charge is 2.15. The summed E-state index contributed by atoms with van der Waals surface area (Å²) in [5, 5.41) is 4.79. The third-order valence-corrected chi connectivity index (χ3v) is 2.49. The zero-order valence-electron chi connectivity index (χ0n) is 9.25. The Morgan fingerprint density at radius 3 is 2.82 bits per heavy atom. The molecule has 5 heteroatoms. The number of hydrogen-bond donors (Lipinski definition) is 1. The smallest absolute Gasteiger partial charge is 0.293 e. The van der Waals surface area contributed by atoms with Gasteiger partial charge in [-0.25, -0.2) is 0 Å². The summed E-state index contributed by atoms with van der Waals surface area (Å²) >= 11 is 0. The number of benzene rings is 1. The summed E-state index contributed by atoms with van der Waals surface area (Å²) in [6.45, 7) is 1.80. The summed E-state index contributed by atoms with van der Waals surface area (Å²) in [6, 6.07) is 9.33. The van der Waals surface area contributed by atoms with Gasteiger partial charge < -0.3 is 14.7 Å². The number of para-hydroxylation sites is 1. The van der Waals surface area contributed by atoms with Gasteiger partial charge >= 0.3 is 0 Å². The first-order valence-electron chi connectivity index (χ1n) is 5.32. The van der Waals surface area contributed by atoms with Gasteiger partial charge in [0.25, 0.3) is 5.89 Å². The van der Waals surface area contributed by atoms with Crippen LogP contribution in [-0.2, 0) is 0 Å². The Hall–Kier alpha value is -2.14. The molecule has 0 radical (unpaired) electrons. The molecule has 0 spiro atoms. The summed E-state index contributed by atoms with van der Waals surface area (Å²) < 4.78 is 10.7. The molecule has 0 saturated carbocycles. The third kappa shape index (κ3) is 1.70. The average molecular weight is 229 g/mol. The monoisotopic (exact) mass is 229 g/mol. The van der Waals surface area contributed by atoms with Gasteiger partial charge in [-0.05, 0) is 19.1 Å². The van der Waals surface area contributed by atoms with Crippen molar-refractivity contribution in [1.82, 2.24) is 10.1 Å². The maximum atomic E-state index is 5.66. The van der Waals surface area contributed by atoms with Crippen LogP contribution in [0.3, 0.4) is 0 Å². The molecular formula is C12H11N3O2. The van der Waals surface area contributed by atoms with E-state index < -0.39 is 0 Å². The van der Waals surface area contributed by atoms with Crippen molar-refractivity contribution in [3.05, 3.63) is 36.2 Å². The molecule has 3 aromatic rings. The average Bonchev–Trinajstić information content (AvgIpc) is 2.95. The minimum atomic E-state index is -0.253. The number of rotatable bonds is 2. The fourth-order valence-corrected chi connectivity index (χ4v) is 1.61. The van der Waals surface area contributed by atoms with Crippen molar-refractivity contribution in [2.75, 3.05) is 0 Å². The molecule has 2 N–H and O–H groups in total. The molecule has 86 valence electrons. The lowest BCUT2D eigenvalue weighted by Crippen LogP contribution is -2.06. The Balaban J connectivity index is 2.07. The zero-order chi connectivity index (χ0) is 11.8. The van der Waals surface area contributed by atoms with Gasteiger partial charge in [0.15, 0.2) is 11.6 Å². The van der Waals surface area contributed by atoms with Crippen LogP contribution in [0.2, 0.25) is 0 Å². The maximum Gasteiger partial charge on any atom is 0.293 e. The normalized spacial score (nSPS) is 13.1. The summed E-state index contributed by atoms with van der Waals surface area (Å²) in [7, 11) is 0. The first-order valence-corrected chi connectivity index (χ1v) is 5.32. The van der Waals surface area contributed by atoms with Gasteiger partial charge in [-0.3, -0.25) is 0 Å². The Morgan fingerprint density at radius 1 is 1.29 bits per heavy atom. The van der Waals surface area contributed by atoms with Crippen LogP contribution < -0.4 is 5.73 Å². The van der Waals surface area contributed by atoms with Crippen LogP contribution in [0.25, 0.3) is 22.6 Å². The van der Waals surface area contributed by atoms with Crippen molar-refractivity contribution in [2.45, 2.75) is 13.0 Å². The summed E-state index contributed by atoms with van der Waals surface area (Å²) in [4.78, 5) is 4.18. The lowest BCUT2D eigenvalue weighted by molar-refractivity contribution is 0.408. The predicted molar refractivity (Wildman–Crippen MR) is 62.1 cm³/mol. The van der Waals surface area contributed by atoms with Crippen LogP contribution in [0.4, 0.5) is 0 Å². The van der Waals surface area contributed by atoms with E-state index in [1.807, 2.05) is 30.3 Å². The summed E-state index contributed by atoms with van der Waals surface area (Å²) in [6.07, 6.45) is 0. The van der Waals surface area contributed by atoms with Crippen molar-refractivity contribution in [3.8, 4) is 11.7 Å². The fraction of sp³-hybridized carbons (Fsp3) is 0.167. The van der Waals surface area contributed by atoms with Gasteiger partial charge in [0.1, 0.15) is 5.58 Å². The molecule has 0 amide bonds. The van der Waals surface area contributed by atoms with E-state index in [1.54, 1.807) is 6.92 Å². The number of nitrogens with zero attached hydrogens (tertiary/aromatic N) is 2. The van der Waals surface area contributed by atoms with Gasteiger partial charge in [0.2, 0.25) is 0 Å². The summed E-state index contributed by atoms with van der Waals surface area (Å²) in [5.41, 5.74) is 6.46. The van der Waals surface area contributed by atoms with Crippen molar-refractivity contribution in [3.63, 3.8) is 0 Å². The zero-order valence-corrected chi connectivity index (χ0v) is 9.25. The topological polar surface area (TPSA) is 78.1 Å². The number of fused-ring (bicyclic) bond motifs is 1. The Bertz CT molecular complexity index is 621. The molecule has 3 rings (SSSR count). The predicted octanol–water partition coefficient (Wildman–Crippen LogP) is 2.50. The molecule has 1 atom stereocenters. The van der Waals surface area contributed by atoms with Gasteiger partial charge in [0.05, 0.1) is 6.04 Å². The second-order valence-electron chi connectivity index (χ2n) is 3.89. The number of furan rings is 1. The molecule has 0 aliphatic heterocycles. The van der Waals surface area contributed by atoms with E-state index in [0.717, 1.165) is 11.0 Å². The van der Waals surface area contributed by atoms with E-state index in [9.17, 15) is 0 Å². The highest BCUT2D eigenvalue weighted by molar-refractivity contribution is 5.81. The first-order chi connectivity index (χ1) is 8.24. The highest BCUT2D eigenvalue weighted by Crippen LogP contribution is 2.26. The van der Waals surface area contributed by atoms with Gasteiger partial charge in [-0.15, -0.1) is 0 Å². The van der Waals surface area contributed by atoms with E-state index >= 15 is 0 Å². The number of hydrogen-bond acceptors (Lipinski definition) is 5. The second kappa shape index (κ2) is 3.71. The van der Waals surface area contributed by atoms with Gasteiger partial charge in [-0.2, -0.15) is 4.98 Å². The largest absolute Gasteiger partial charge is 0.451 e. The van der Waals surface area contributed by atoms with Crippen LogP contribution in [0.15, 0.2) is 39.3 Å². The Labute approximate surface area is 97.2 Å². The molecule has 0 bridgehead atoms. The van der Waals surface area contributed by atoms with E-state index in [1.165, 1.54) is 0 Å². The SMILES string of the molecule is CC(N)c1noc(-c2cc3ccccc3o2)n1. The standard InChI is InChI=1S/C12H11N3O2/c1-7(13)11-14-12(17-15-11)10-6-8-4-2-3-5-9(8)16-10/h2-7H,13H2,1H3. The minimum absolute atomic E-state index is 0.253. The molecule has 2 heterocycles. The van der Waals surface area contributed by atoms with Crippen LogP contribution >= 0.6 is 0 Å². The van der Waals surface area contributed by atoms with Crippen LogP contribution in [0.5, 0.6) is 0 Å². The Morgan fingerprint density at radius 2 is 2.12 bits per heavy atom. The molecule has 1 unspecified atom stereocenters. The molecule has 0 aliphatic rings. The molecule has 5 nitrogen and oxygen atoms in total. The quantitative estimate of drug-likeness (QED) is 0.730. The number of aromatic nitrogens is 2. The second-order valence-corrected chi connectivity index (χ2v) is 3.89. The fourth-order valence-electron chi connectivity index (χ4n) is 1.61. The number of nitrogens with two attached hydrogens (primary N) is 1. The van der Waals surface area contributed by atoms with E-state index in [4.69, 9.17) is 14.7 Å². The van der Waals surface area contributed by atoms with Crippen molar-refractivity contribution >= 4 is 11.0 Å². The molecule has 2 aromatic heterocycles. The lowest BCUT2D eigenvalue weighted by atomic mass is 10.2. The van der Waals surface area contributed by atoms with Crippen LogP contribution in [0, 0.1) is 0 Å². The maximum absolute atomic E-state index is 5.66. The van der Waals surface area contributed by atoms with Crippen LogP contribution in [0.1, 0.15) is 18.8 Å². The van der Waals surface area contributed by atoms with Crippen LogP contribution in [-0.4, -0.2) is 10.1 Å². The van der Waals surface area contributed by atoms with Gasteiger partial charge in [0, 0.05) is 5.39 Å². The van der Waals surface area contributed by atoms with E-state index in [-0.39, 0.29) is 6.04 Å². The molecule has 0 fully saturated rings. The van der Waals surface area contributed by atoms with E-state index in [2.05, 4.69) is 10.1 Å². The molecular weight excluding hydrogens is 218 g/mol. The molecule has 0 saturated heterocycles. The molecule has 17 heavy (non-hydrogen) atoms. The van der Waals surface area contributed by atoms with E-state index in [0.29, 0.717) is 17.5 Å². The molecule has 1 aromatic carbocycles. The minimum Gasteiger partial charge on any atom is -0.451 e. The van der Waals surface area contributed by atoms with Crippen molar-refractivity contribution < 1.29 is 8.94 Å².